The van der Waals surface area contributed by atoms with Crippen molar-refractivity contribution in [1.82, 2.24) is 0 Å². The maximum Gasteiger partial charge on any atom is -0.00221 e. The third-order valence-electron chi connectivity index (χ3n) is 2.28. The minimum Gasteiger partial charge on any atom is -0.115 e. The third-order valence-corrected chi connectivity index (χ3v) is 2.28. The first kappa shape index (κ1) is 7.41. The second kappa shape index (κ2) is 3.46. The first-order valence-corrected chi connectivity index (χ1v) is 4.02. The highest BCUT2D eigenvalue weighted by Gasteiger charge is 2.10. The molecule has 0 saturated carbocycles. The molecule has 0 bridgehead atoms. The highest BCUT2D eigenvalue weighted by molar-refractivity contribution is 5.26. The predicted molar refractivity (Wildman–Crippen MR) is 44.5 cm³/mol. The van der Waals surface area contributed by atoms with Gasteiger partial charge >= 0.3 is 0 Å². The van der Waals surface area contributed by atoms with E-state index in [1.165, 1.54) is 24.8 Å². The molecule has 10 heavy (non-hydrogen) atoms. The van der Waals surface area contributed by atoms with E-state index in [-0.39, 0.29) is 0 Å². The Morgan fingerprint density at radius 2 is 2.60 bits per heavy atom. The molecule has 0 fully saturated rings. The normalized spacial score (nSPS) is 25.2. The number of allylic oxidation sites excluding steroid dienone is 2. The van der Waals surface area contributed by atoms with Crippen LogP contribution in [0.1, 0.15) is 32.6 Å². The van der Waals surface area contributed by atoms with Gasteiger partial charge < -0.3 is 0 Å². The summed E-state index contributed by atoms with van der Waals surface area (Å²) in [5, 5.41) is 0. The second-order valence-corrected chi connectivity index (χ2v) is 2.92. The standard InChI is InChI=1S/C10H14/c1-3-9-5-7-10(4-2)8-6-9/h1,5,10H,4,6-8H2,2H3/t10-/m1/s1. The minimum absolute atomic E-state index is 0.900. The molecular weight excluding hydrogens is 120 g/mol. The van der Waals surface area contributed by atoms with Crippen molar-refractivity contribution in [1.29, 1.82) is 0 Å². The van der Waals surface area contributed by atoms with E-state index in [9.17, 15) is 0 Å². The van der Waals surface area contributed by atoms with Crippen LogP contribution < -0.4 is 0 Å². The molecule has 0 heterocycles. The maximum atomic E-state index is 5.27. The van der Waals surface area contributed by atoms with Crippen molar-refractivity contribution in [2.45, 2.75) is 32.6 Å². The summed E-state index contributed by atoms with van der Waals surface area (Å²) in [6, 6.07) is 0. The molecule has 1 rings (SSSR count). The van der Waals surface area contributed by atoms with Crippen molar-refractivity contribution in [2.75, 3.05) is 0 Å². The van der Waals surface area contributed by atoms with Gasteiger partial charge in [0.2, 0.25) is 0 Å². The fraction of sp³-hybridized carbons (Fsp3) is 0.600. The molecule has 0 heteroatoms. The number of terminal acetylenes is 1. The lowest BCUT2D eigenvalue weighted by atomic mass is 9.88. The number of rotatable bonds is 1. The highest BCUT2D eigenvalue weighted by atomic mass is 14.1. The topological polar surface area (TPSA) is 0 Å². The predicted octanol–water partition coefficient (Wildman–Crippen LogP) is 2.76. The Balaban J connectivity index is 2.46. The minimum atomic E-state index is 0.900. The van der Waals surface area contributed by atoms with E-state index in [1.807, 2.05) is 0 Å². The van der Waals surface area contributed by atoms with Crippen molar-refractivity contribution >= 4 is 0 Å². The van der Waals surface area contributed by atoms with Crippen LogP contribution in [0.25, 0.3) is 0 Å². The van der Waals surface area contributed by atoms with E-state index in [1.54, 1.807) is 0 Å². The van der Waals surface area contributed by atoms with Crippen LogP contribution in [0.15, 0.2) is 11.6 Å². The number of hydrogen-bond donors (Lipinski definition) is 0. The summed E-state index contributed by atoms with van der Waals surface area (Å²) in [7, 11) is 0. The Kier molecular flexibility index (Phi) is 2.57. The van der Waals surface area contributed by atoms with Gasteiger partial charge in [0.1, 0.15) is 0 Å². The van der Waals surface area contributed by atoms with Crippen molar-refractivity contribution in [3.8, 4) is 12.3 Å². The molecule has 0 spiro atoms. The second-order valence-electron chi connectivity index (χ2n) is 2.92. The fourth-order valence-electron chi connectivity index (χ4n) is 1.39. The lowest BCUT2D eigenvalue weighted by Gasteiger charge is -2.17. The smallest absolute Gasteiger partial charge is 0.00221 e. The monoisotopic (exact) mass is 134 g/mol. The molecular formula is C10H14. The van der Waals surface area contributed by atoms with Gasteiger partial charge in [-0.05, 0) is 30.8 Å². The molecule has 0 amide bonds. The average Bonchev–Trinajstić information content (AvgIpc) is 2.05. The number of hydrogen-bond acceptors (Lipinski definition) is 0. The zero-order valence-electron chi connectivity index (χ0n) is 6.56. The Hall–Kier alpha value is -0.700. The lowest BCUT2D eigenvalue weighted by Crippen LogP contribution is -2.03. The molecule has 1 aliphatic carbocycles. The first-order chi connectivity index (χ1) is 4.86. The van der Waals surface area contributed by atoms with Gasteiger partial charge in [-0.25, -0.2) is 0 Å². The van der Waals surface area contributed by atoms with E-state index in [2.05, 4.69) is 18.9 Å². The van der Waals surface area contributed by atoms with Crippen molar-refractivity contribution in [2.24, 2.45) is 5.92 Å². The Morgan fingerprint density at radius 1 is 1.80 bits per heavy atom. The molecule has 1 atom stereocenters. The van der Waals surface area contributed by atoms with Crippen LogP contribution >= 0.6 is 0 Å². The summed E-state index contributed by atoms with van der Waals surface area (Å²) < 4.78 is 0. The Labute approximate surface area is 63.3 Å². The van der Waals surface area contributed by atoms with Crippen molar-refractivity contribution < 1.29 is 0 Å². The Morgan fingerprint density at radius 3 is 3.00 bits per heavy atom. The van der Waals surface area contributed by atoms with Gasteiger partial charge in [0.25, 0.3) is 0 Å². The van der Waals surface area contributed by atoms with Crippen LogP contribution in [0.3, 0.4) is 0 Å². The van der Waals surface area contributed by atoms with E-state index >= 15 is 0 Å². The summed E-state index contributed by atoms with van der Waals surface area (Å²) in [6.45, 7) is 2.25. The molecule has 0 nitrogen and oxygen atoms in total. The van der Waals surface area contributed by atoms with Gasteiger partial charge in [-0.1, -0.05) is 25.3 Å². The van der Waals surface area contributed by atoms with Gasteiger partial charge in [0.15, 0.2) is 0 Å². The molecule has 0 unspecified atom stereocenters. The Bertz CT molecular complexity index is 169. The van der Waals surface area contributed by atoms with Gasteiger partial charge in [-0.2, -0.15) is 0 Å². The van der Waals surface area contributed by atoms with Crippen molar-refractivity contribution in [3.63, 3.8) is 0 Å². The average molecular weight is 134 g/mol. The van der Waals surface area contributed by atoms with E-state index in [0.717, 1.165) is 12.3 Å². The molecule has 0 saturated heterocycles. The SMILES string of the molecule is C#CC1=CC[C@@H](CC)CC1. The first-order valence-electron chi connectivity index (χ1n) is 4.02. The van der Waals surface area contributed by atoms with Gasteiger partial charge in [-0.15, -0.1) is 6.42 Å². The summed E-state index contributed by atoms with van der Waals surface area (Å²) in [5.74, 6) is 3.61. The molecule has 0 aromatic rings. The summed E-state index contributed by atoms with van der Waals surface area (Å²) in [5.41, 5.74) is 1.21. The van der Waals surface area contributed by atoms with Crippen LogP contribution in [0.5, 0.6) is 0 Å². The van der Waals surface area contributed by atoms with Crippen LogP contribution in [-0.2, 0) is 0 Å². The van der Waals surface area contributed by atoms with Crippen molar-refractivity contribution in [3.05, 3.63) is 11.6 Å². The molecule has 0 radical (unpaired) electrons. The van der Waals surface area contributed by atoms with E-state index in [4.69, 9.17) is 6.42 Å². The van der Waals surface area contributed by atoms with Crippen LogP contribution in [0, 0.1) is 18.3 Å². The zero-order valence-corrected chi connectivity index (χ0v) is 6.56. The van der Waals surface area contributed by atoms with Crippen LogP contribution in [0.2, 0.25) is 0 Å². The van der Waals surface area contributed by atoms with Crippen LogP contribution in [-0.4, -0.2) is 0 Å². The maximum absolute atomic E-state index is 5.27. The van der Waals surface area contributed by atoms with Gasteiger partial charge in [-0.3, -0.25) is 0 Å². The summed E-state index contributed by atoms with van der Waals surface area (Å²) >= 11 is 0. The molecule has 54 valence electrons. The molecule has 0 aromatic carbocycles. The zero-order chi connectivity index (χ0) is 7.40. The summed E-state index contributed by atoms with van der Waals surface area (Å²) in [4.78, 5) is 0. The third kappa shape index (κ3) is 1.64. The molecule has 0 N–H and O–H groups in total. The lowest BCUT2D eigenvalue weighted by molar-refractivity contribution is 0.460. The molecule has 1 aliphatic rings. The quantitative estimate of drug-likeness (QED) is 0.484. The molecule has 0 aromatic heterocycles. The largest absolute Gasteiger partial charge is 0.115 e. The van der Waals surface area contributed by atoms with Gasteiger partial charge in [0, 0.05) is 0 Å². The van der Waals surface area contributed by atoms with Gasteiger partial charge in [0.05, 0.1) is 0 Å². The highest BCUT2D eigenvalue weighted by Crippen LogP contribution is 2.24. The van der Waals surface area contributed by atoms with E-state index in [0.29, 0.717) is 0 Å². The fourth-order valence-corrected chi connectivity index (χ4v) is 1.39. The van der Waals surface area contributed by atoms with E-state index < -0.39 is 0 Å². The summed E-state index contributed by atoms with van der Waals surface area (Å²) in [6.07, 6.45) is 12.4. The molecule has 0 aliphatic heterocycles. The van der Waals surface area contributed by atoms with Crippen LogP contribution in [0.4, 0.5) is 0 Å².